The first-order valence-electron chi connectivity index (χ1n) is 5.84. The lowest BCUT2D eigenvalue weighted by Gasteiger charge is -2.12. The zero-order valence-corrected chi connectivity index (χ0v) is 10.5. The fourth-order valence-corrected chi connectivity index (χ4v) is 1.44. The van der Waals surface area contributed by atoms with Crippen LogP contribution in [-0.4, -0.2) is 30.3 Å². The molecule has 5 nitrogen and oxygen atoms in total. The number of nitriles is 1. The van der Waals surface area contributed by atoms with Gasteiger partial charge in [-0.05, 0) is 25.1 Å². The first kappa shape index (κ1) is 14.9. The Morgan fingerprint density at radius 2 is 2.37 bits per heavy atom. The summed E-state index contributed by atoms with van der Waals surface area (Å²) in [5.41, 5.74) is 0.422. The lowest BCUT2D eigenvalue weighted by molar-refractivity contribution is -0.145. The standard InChI is InChI=1S/C13H15FN2O3/c1-2-19-13(18)6-11(17)8-16-10-3-4-12(14)9(5-10)7-15/h3-5,11,16-17H,2,6,8H2,1H3. The minimum Gasteiger partial charge on any atom is -0.466 e. The zero-order chi connectivity index (χ0) is 14.3. The number of nitrogens with one attached hydrogen (secondary N) is 1. The Balaban J connectivity index is 2.48. The van der Waals surface area contributed by atoms with Gasteiger partial charge in [0.05, 0.1) is 24.7 Å². The van der Waals surface area contributed by atoms with Crippen molar-refractivity contribution in [3.05, 3.63) is 29.6 Å². The average molecular weight is 266 g/mol. The second-order valence-electron chi connectivity index (χ2n) is 3.85. The van der Waals surface area contributed by atoms with Crippen LogP contribution in [0.25, 0.3) is 0 Å². The van der Waals surface area contributed by atoms with E-state index in [4.69, 9.17) is 10.00 Å². The molecule has 1 aromatic carbocycles. The highest BCUT2D eigenvalue weighted by Gasteiger charge is 2.11. The van der Waals surface area contributed by atoms with Crippen LogP contribution in [0.1, 0.15) is 18.9 Å². The van der Waals surface area contributed by atoms with E-state index in [1.54, 1.807) is 13.0 Å². The van der Waals surface area contributed by atoms with Crippen LogP contribution in [0, 0.1) is 17.1 Å². The van der Waals surface area contributed by atoms with Gasteiger partial charge in [0.1, 0.15) is 11.9 Å². The highest BCUT2D eigenvalue weighted by atomic mass is 19.1. The molecule has 0 amide bonds. The summed E-state index contributed by atoms with van der Waals surface area (Å²) in [6, 6.07) is 5.68. The van der Waals surface area contributed by atoms with Crippen LogP contribution in [0.3, 0.4) is 0 Å². The molecular formula is C13H15FN2O3. The summed E-state index contributed by atoms with van der Waals surface area (Å²) < 4.78 is 17.8. The van der Waals surface area contributed by atoms with Crippen molar-refractivity contribution in [1.82, 2.24) is 0 Å². The van der Waals surface area contributed by atoms with E-state index >= 15 is 0 Å². The Hall–Kier alpha value is -2.13. The van der Waals surface area contributed by atoms with Crippen molar-refractivity contribution in [2.24, 2.45) is 0 Å². The monoisotopic (exact) mass is 266 g/mol. The molecule has 1 aromatic rings. The number of aliphatic hydroxyl groups is 1. The SMILES string of the molecule is CCOC(=O)CC(O)CNc1ccc(F)c(C#N)c1. The normalized spacial score (nSPS) is 11.5. The maximum Gasteiger partial charge on any atom is 0.308 e. The number of aliphatic hydroxyl groups excluding tert-OH is 1. The van der Waals surface area contributed by atoms with Crippen molar-refractivity contribution in [3.8, 4) is 6.07 Å². The van der Waals surface area contributed by atoms with Crippen LogP contribution in [0.2, 0.25) is 0 Å². The van der Waals surface area contributed by atoms with E-state index in [-0.39, 0.29) is 25.1 Å². The maximum absolute atomic E-state index is 13.1. The number of carbonyl (C=O) groups excluding carboxylic acids is 1. The zero-order valence-electron chi connectivity index (χ0n) is 10.5. The average Bonchev–Trinajstić information content (AvgIpc) is 2.38. The number of hydrogen-bond acceptors (Lipinski definition) is 5. The Morgan fingerprint density at radius 1 is 1.63 bits per heavy atom. The molecule has 1 atom stereocenters. The smallest absolute Gasteiger partial charge is 0.308 e. The van der Waals surface area contributed by atoms with Crippen molar-refractivity contribution in [1.29, 1.82) is 5.26 Å². The minimum absolute atomic E-state index is 0.0788. The highest BCUT2D eigenvalue weighted by Crippen LogP contribution is 2.14. The molecule has 0 bridgehead atoms. The van der Waals surface area contributed by atoms with Gasteiger partial charge in [0, 0.05) is 12.2 Å². The lowest BCUT2D eigenvalue weighted by atomic mass is 10.2. The minimum atomic E-state index is -0.908. The maximum atomic E-state index is 13.1. The van der Waals surface area contributed by atoms with E-state index in [2.05, 4.69) is 5.32 Å². The number of ether oxygens (including phenoxy) is 1. The molecule has 0 spiro atoms. The fourth-order valence-electron chi connectivity index (χ4n) is 1.44. The van der Waals surface area contributed by atoms with Gasteiger partial charge in [-0.2, -0.15) is 5.26 Å². The van der Waals surface area contributed by atoms with Gasteiger partial charge in [-0.15, -0.1) is 0 Å². The first-order chi connectivity index (χ1) is 9.06. The Morgan fingerprint density at radius 3 is 3.00 bits per heavy atom. The number of carbonyl (C=O) groups is 1. The van der Waals surface area contributed by atoms with Gasteiger partial charge >= 0.3 is 5.97 Å². The summed E-state index contributed by atoms with van der Waals surface area (Å²) >= 11 is 0. The number of anilines is 1. The predicted octanol–water partition coefficient (Wildman–Crippen LogP) is 1.42. The first-order valence-corrected chi connectivity index (χ1v) is 5.84. The third-order valence-corrected chi connectivity index (χ3v) is 2.34. The second kappa shape index (κ2) is 7.34. The lowest BCUT2D eigenvalue weighted by Crippen LogP contribution is -2.23. The molecule has 1 rings (SSSR count). The van der Waals surface area contributed by atoms with E-state index < -0.39 is 17.9 Å². The molecule has 19 heavy (non-hydrogen) atoms. The van der Waals surface area contributed by atoms with Crippen molar-refractivity contribution >= 4 is 11.7 Å². The Labute approximate surface area is 110 Å². The van der Waals surface area contributed by atoms with Crippen molar-refractivity contribution in [3.63, 3.8) is 0 Å². The van der Waals surface area contributed by atoms with E-state index in [1.807, 2.05) is 0 Å². The molecule has 0 aliphatic heterocycles. The molecular weight excluding hydrogens is 251 g/mol. The topological polar surface area (TPSA) is 82.3 Å². The number of hydrogen-bond donors (Lipinski definition) is 2. The van der Waals surface area contributed by atoms with Crippen LogP contribution in [-0.2, 0) is 9.53 Å². The van der Waals surface area contributed by atoms with Gasteiger partial charge < -0.3 is 15.2 Å². The quantitative estimate of drug-likeness (QED) is 0.761. The van der Waals surface area contributed by atoms with Gasteiger partial charge in [-0.25, -0.2) is 4.39 Å². The summed E-state index contributed by atoms with van der Waals surface area (Å²) in [6.45, 7) is 2.06. The van der Waals surface area contributed by atoms with Gasteiger partial charge in [0.2, 0.25) is 0 Å². The van der Waals surface area contributed by atoms with Crippen molar-refractivity contribution in [2.45, 2.75) is 19.4 Å². The van der Waals surface area contributed by atoms with Crippen LogP contribution >= 0.6 is 0 Å². The number of esters is 1. The molecule has 6 heteroatoms. The second-order valence-corrected chi connectivity index (χ2v) is 3.85. The van der Waals surface area contributed by atoms with E-state index in [0.29, 0.717) is 5.69 Å². The van der Waals surface area contributed by atoms with E-state index in [0.717, 1.165) is 0 Å². The third kappa shape index (κ3) is 4.94. The number of rotatable bonds is 6. The molecule has 2 N–H and O–H groups in total. The summed E-state index contributed by atoms with van der Waals surface area (Å²) in [7, 11) is 0. The van der Waals surface area contributed by atoms with Crippen molar-refractivity contribution in [2.75, 3.05) is 18.5 Å². The summed E-state index contributed by atoms with van der Waals surface area (Å²) in [5, 5.41) is 21.1. The Bertz CT molecular complexity index is 485. The van der Waals surface area contributed by atoms with Crippen LogP contribution in [0.5, 0.6) is 0 Å². The number of halogens is 1. The molecule has 1 unspecified atom stereocenters. The van der Waals surface area contributed by atoms with Crippen molar-refractivity contribution < 1.29 is 19.0 Å². The summed E-state index contributed by atoms with van der Waals surface area (Å²) in [6.07, 6.45) is -1.03. The highest BCUT2D eigenvalue weighted by molar-refractivity contribution is 5.70. The number of benzene rings is 1. The van der Waals surface area contributed by atoms with Gasteiger partial charge in [0.25, 0.3) is 0 Å². The molecule has 0 radical (unpaired) electrons. The molecule has 0 saturated carbocycles. The largest absolute Gasteiger partial charge is 0.466 e. The molecule has 0 fully saturated rings. The molecule has 0 aromatic heterocycles. The van der Waals surface area contributed by atoms with Crippen LogP contribution in [0.15, 0.2) is 18.2 Å². The molecule has 0 heterocycles. The van der Waals surface area contributed by atoms with Gasteiger partial charge in [0.15, 0.2) is 0 Å². The molecule has 0 aliphatic carbocycles. The number of nitrogens with zero attached hydrogens (tertiary/aromatic N) is 1. The van der Waals surface area contributed by atoms with Crippen LogP contribution < -0.4 is 5.32 Å². The van der Waals surface area contributed by atoms with E-state index in [1.165, 1.54) is 18.2 Å². The molecule has 0 saturated heterocycles. The van der Waals surface area contributed by atoms with E-state index in [9.17, 15) is 14.3 Å². The van der Waals surface area contributed by atoms with Crippen LogP contribution in [0.4, 0.5) is 10.1 Å². The fraction of sp³-hybridized carbons (Fsp3) is 0.385. The predicted molar refractivity (Wildman–Crippen MR) is 66.9 cm³/mol. The summed E-state index contributed by atoms with van der Waals surface area (Å²) in [4.78, 5) is 11.1. The molecule has 0 aliphatic rings. The molecule has 102 valence electrons. The van der Waals surface area contributed by atoms with Gasteiger partial charge in [-0.1, -0.05) is 0 Å². The Kier molecular flexibility index (Phi) is 5.76. The summed E-state index contributed by atoms with van der Waals surface area (Å²) in [5.74, 6) is -1.08. The third-order valence-electron chi connectivity index (χ3n) is 2.34. The van der Waals surface area contributed by atoms with Gasteiger partial charge in [-0.3, -0.25) is 4.79 Å².